The fraction of sp³-hybridized carbons (Fsp3) is 0.250. The number of halogens is 2. The third kappa shape index (κ3) is 15.8. The molecule has 0 spiro atoms. The van der Waals surface area contributed by atoms with Crippen molar-refractivity contribution in [1.82, 2.24) is 0 Å². The summed E-state index contributed by atoms with van der Waals surface area (Å²) in [5, 5.41) is 3.81. The molecule has 3 aromatic carbocycles. The van der Waals surface area contributed by atoms with Crippen LogP contribution < -0.4 is 15.9 Å². The van der Waals surface area contributed by atoms with Gasteiger partial charge >= 0.3 is 33.2 Å². The van der Waals surface area contributed by atoms with Crippen molar-refractivity contribution in [1.29, 1.82) is 0 Å². The van der Waals surface area contributed by atoms with Gasteiger partial charge in [-0.2, -0.15) is 0 Å². The van der Waals surface area contributed by atoms with E-state index in [1.807, 2.05) is 0 Å². The standard InChI is InChI=1S/3C8H11P.2ClH.Co/c3*1-6-3-7(2)5-8(9)4-6;;;/h3*3-5H,9H2,1-2H3;2*1H;/q;;;;;+2/p-2. The summed E-state index contributed by atoms with van der Waals surface area (Å²) in [6, 6.07) is 19.4. The van der Waals surface area contributed by atoms with Crippen molar-refractivity contribution < 1.29 is 12.9 Å². The molecule has 0 amide bonds. The first-order chi connectivity index (χ1) is 14.0. The van der Waals surface area contributed by atoms with E-state index in [0.717, 1.165) is 0 Å². The quantitative estimate of drug-likeness (QED) is 0.274. The van der Waals surface area contributed by atoms with Gasteiger partial charge in [0.2, 0.25) is 0 Å². The van der Waals surface area contributed by atoms with E-state index in [0.29, 0.717) is 12.9 Å². The van der Waals surface area contributed by atoms with Crippen molar-refractivity contribution in [3.8, 4) is 0 Å². The molecule has 0 aromatic heterocycles. The summed E-state index contributed by atoms with van der Waals surface area (Å²) in [5.74, 6) is 0. The second-order valence-electron chi connectivity index (χ2n) is 7.31. The Labute approximate surface area is 205 Å². The molecule has 0 fully saturated rings. The van der Waals surface area contributed by atoms with E-state index in [1.165, 1.54) is 49.3 Å². The molecule has 0 aliphatic carbocycles. The van der Waals surface area contributed by atoms with Crippen LogP contribution in [0.25, 0.3) is 0 Å². The summed E-state index contributed by atoms with van der Waals surface area (Å²) in [7, 11) is 17.6. The zero-order valence-electron chi connectivity index (χ0n) is 18.5. The predicted molar refractivity (Wildman–Crippen MR) is 147 cm³/mol. The van der Waals surface area contributed by atoms with Crippen LogP contribution in [-0.2, 0) is 12.9 Å². The molecule has 6 heteroatoms. The normalized spacial score (nSPS) is 9.43. The Bertz CT molecular complexity index is 646. The van der Waals surface area contributed by atoms with E-state index >= 15 is 0 Å². The summed E-state index contributed by atoms with van der Waals surface area (Å²) in [6.07, 6.45) is 0. The first-order valence-corrected chi connectivity index (χ1v) is 13.9. The summed E-state index contributed by atoms with van der Waals surface area (Å²) >= 11 is 0.382. The SMILES string of the molecule is Cc1cc(C)cc(P)c1.Cc1cc(C)cc(P)c1.Cc1cc(C)cc(P)c1.[Cl][Co][Cl]. The molecule has 3 unspecified atom stereocenters. The molecule has 0 N–H and O–H groups in total. The first kappa shape index (κ1) is 30.0. The molecule has 0 nitrogen and oxygen atoms in total. The van der Waals surface area contributed by atoms with E-state index in [9.17, 15) is 0 Å². The van der Waals surface area contributed by atoms with Crippen LogP contribution in [0, 0.1) is 41.5 Å². The van der Waals surface area contributed by atoms with E-state index in [2.05, 4.69) is 124 Å². The molecular formula is C24H33Cl2CoP3. The average molecular weight is 544 g/mol. The molecule has 167 valence electrons. The third-order valence-electron chi connectivity index (χ3n) is 3.73. The van der Waals surface area contributed by atoms with Gasteiger partial charge in [0.15, 0.2) is 0 Å². The Morgan fingerprint density at radius 3 is 0.667 bits per heavy atom. The second kappa shape index (κ2) is 16.6. The molecule has 3 atom stereocenters. The van der Waals surface area contributed by atoms with Crippen molar-refractivity contribution in [2.45, 2.75) is 41.5 Å². The fourth-order valence-electron chi connectivity index (χ4n) is 3.03. The van der Waals surface area contributed by atoms with Crippen LogP contribution in [0.5, 0.6) is 0 Å². The van der Waals surface area contributed by atoms with Gasteiger partial charge in [-0.1, -0.05) is 88.0 Å². The van der Waals surface area contributed by atoms with Gasteiger partial charge in [0.1, 0.15) is 0 Å². The number of aryl methyl sites for hydroxylation is 6. The summed E-state index contributed by atoms with van der Waals surface area (Å²) in [6.45, 7) is 12.7. The second-order valence-corrected chi connectivity index (χ2v) is 11.0. The maximum absolute atomic E-state index is 4.73. The zero-order chi connectivity index (χ0) is 23.3. The van der Waals surface area contributed by atoms with E-state index < -0.39 is 0 Å². The molecule has 3 aromatic rings. The van der Waals surface area contributed by atoms with Gasteiger partial charge in [-0.3, -0.25) is 0 Å². The minimum atomic E-state index is 0.382. The molecule has 0 aliphatic rings. The molecule has 0 bridgehead atoms. The van der Waals surface area contributed by atoms with Gasteiger partial charge in [0.25, 0.3) is 0 Å². The minimum absolute atomic E-state index is 0.382. The van der Waals surface area contributed by atoms with Crippen molar-refractivity contribution in [2.24, 2.45) is 0 Å². The van der Waals surface area contributed by atoms with Crippen LogP contribution >= 0.6 is 48.0 Å². The summed E-state index contributed by atoms with van der Waals surface area (Å²) in [5.41, 5.74) is 8.00. The third-order valence-corrected chi connectivity index (χ3v) is 4.73. The van der Waals surface area contributed by atoms with Crippen molar-refractivity contribution >= 4 is 63.9 Å². The van der Waals surface area contributed by atoms with Gasteiger partial charge in [-0.15, -0.1) is 27.7 Å². The van der Waals surface area contributed by atoms with Crippen LogP contribution in [0.15, 0.2) is 54.6 Å². The van der Waals surface area contributed by atoms with E-state index in [1.54, 1.807) is 0 Å². The Hall–Kier alpha value is 0.0365. The Kier molecular flexibility index (Phi) is 16.7. The molecule has 0 radical (unpaired) electrons. The van der Waals surface area contributed by atoms with Crippen LogP contribution in [0.1, 0.15) is 33.4 Å². The van der Waals surface area contributed by atoms with Gasteiger partial charge in [-0.05, 0) is 57.5 Å². The van der Waals surface area contributed by atoms with E-state index in [4.69, 9.17) is 20.3 Å². The van der Waals surface area contributed by atoms with Crippen molar-refractivity contribution in [3.63, 3.8) is 0 Å². The maximum atomic E-state index is 4.73. The molecule has 0 saturated heterocycles. The molecule has 0 heterocycles. The van der Waals surface area contributed by atoms with Crippen molar-refractivity contribution in [2.75, 3.05) is 0 Å². The molecule has 3 rings (SSSR count). The molecule has 30 heavy (non-hydrogen) atoms. The van der Waals surface area contributed by atoms with E-state index in [-0.39, 0.29) is 0 Å². The summed E-state index contributed by atoms with van der Waals surface area (Å²) in [4.78, 5) is 0. The van der Waals surface area contributed by atoms with Crippen LogP contribution in [0.3, 0.4) is 0 Å². The topological polar surface area (TPSA) is 0 Å². The van der Waals surface area contributed by atoms with Gasteiger partial charge in [0, 0.05) is 0 Å². The number of benzene rings is 3. The van der Waals surface area contributed by atoms with Crippen molar-refractivity contribution in [3.05, 3.63) is 88.0 Å². The van der Waals surface area contributed by atoms with Gasteiger partial charge in [-0.25, -0.2) is 0 Å². The van der Waals surface area contributed by atoms with Crippen LogP contribution in [-0.4, -0.2) is 0 Å². The van der Waals surface area contributed by atoms with Gasteiger partial charge in [0.05, 0.1) is 0 Å². The Balaban J connectivity index is 0.000000394. The number of hydrogen-bond acceptors (Lipinski definition) is 0. The average Bonchev–Trinajstić information content (AvgIpc) is 2.52. The molecular weight excluding hydrogens is 511 g/mol. The van der Waals surface area contributed by atoms with Crippen LogP contribution in [0.2, 0.25) is 0 Å². The first-order valence-electron chi connectivity index (χ1n) is 9.31. The summed E-state index contributed by atoms with van der Waals surface area (Å²) < 4.78 is 0. The number of rotatable bonds is 0. The van der Waals surface area contributed by atoms with Crippen LogP contribution in [0.4, 0.5) is 0 Å². The Morgan fingerprint density at radius 2 is 0.567 bits per heavy atom. The Morgan fingerprint density at radius 1 is 0.433 bits per heavy atom. The molecule has 0 saturated carbocycles. The number of hydrogen-bond donors (Lipinski definition) is 0. The predicted octanol–water partition coefficient (Wildman–Crippen LogP) is 6.79. The zero-order valence-corrected chi connectivity index (χ0v) is 24.5. The molecule has 0 aliphatic heterocycles. The fourth-order valence-corrected chi connectivity index (χ4v) is 4.61. The monoisotopic (exact) mass is 543 g/mol. The van der Waals surface area contributed by atoms with Gasteiger partial charge < -0.3 is 0 Å².